The van der Waals surface area contributed by atoms with E-state index in [4.69, 9.17) is 9.15 Å². The first-order valence-electron chi connectivity index (χ1n) is 6.65. The Hall–Kier alpha value is -1.78. The highest BCUT2D eigenvalue weighted by Crippen LogP contribution is 2.11. The molecule has 0 fully saturated rings. The number of amides is 1. The van der Waals surface area contributed by atoms with Gasteiger partial charge in [0, 0.05) is 13.0 Å². The van der Waals surface area contributed by atoms with E-state index in [-0.39, 0.29) is 18.2 Å². The summed E-state index contributed by atoms with van der Waals surface area (Å²) in [5.41, 5.74) is 0. The van der Waals surface area contributed by atoms with Crippen molar-refractivity contribution in [3.63, 3.8) is 0 Å². The van der Waals surface area contributed by atoms with Crippen molar-refractivity contribution in [1.29, 1.82) is 0 Å². The Morgan fingerprint density at radius 1 is 1.26 bits per heavy atom. The monoisotopic (exact) mass is 267 g/mol. The van der Waals surface area contributed by atoms with Crippen molar-refractivity contribution in [3.05, 3.63) is 23.7 Å². The molecule has 0 aliphatic rings. The number of esters is 1. The topological polar surface area (TPSA) is 59.8 Å². The molecular formula is C14H21NO4. The van der Waals surface area contributed by atoms with Crippen LogP contribution in [0.1, 0.15) is 43.5 Å². The van der Waals surface area contributed by atoms with E-state index in [2.05, 4.69) is 0 Å². The van der Waals surface area contributed by atoms with E-state index in [1.54, 1.807) is 19.1 Å². The molecule has 1 rings (SSSR count). The van der Waals surface area contributed by atoms with Crippen molar-refractivity contribution in [2.24, 2.45) is 0 Å². The lowest BCUT2D eigenvalue weighted by molar-refractivity contribution is -0.143. The molecule has 5 heteroatoms. The fourth-order valence-corrected chi connectivity index (χ4v) is 1.72. The summed E-state index contributed by atoms with van der Waals surface area (Å²) in [5, 5.41) is 0. The second-order valence-corrected chi connectivity index (χ2v) is 4.15. The Bertz CT molecular complexity index is 425. The minimum absolute atomic E-state index is 0.0390. The van der Waals surface area contributed by atoms with Gasteiger partial charge in [-0.15, -0.1) is 0 Å². The summed E-state index contributed by atoms with van der Waals surface area (Å²) in [4.78, 5) is 25.2. The quantitative estimate of drug-likeness (QED) is 0.711. The minimum atomic E-state index is -0.397. The van der Waals surface area contributed by atoms with Gasteiger partial charge in [0.1, 0.15) is 12.3 Å². The van der Waals surface area contributed by atoms with Gasteiger partial charge in [0.15, 0.2) is 5.76 Å². The fourth-order valence-electron chi connectivity index (χ4n) is 1.72. The van der Waals surface area contributed by atoms with Gasteiger partial charge in [-0.2, -0.15) is 0 Å². The highest BCUT2D eigenvalue weighted by molar-refractivity contribution is 5.93. The third-order valence-corrected chi connectivity index (χ3v) is 2.63. The number of hydrogen-bond acceptors (Lipinski definition) is 4. The smallest absolute Gasteiger partial charge is 0.325 e. The molecular weight excluding hydrogens is 246 g/mol. The maximum atomic E-state index is 12.2. The highest BCUT2D eigenvalue weighted by Gasteiger charge is 2.21. The van der Waals surface area contributed by atoms with Gasteiger partial charge in [0.05, 0.1) is 6.61 Å². The van der Waals surface area contributed by atoms with Crippen molar-refractivity contribution in [1.82, 2.24) is 4.90 Å². The number of furan rings is 1. The molecule has 0 aliphatic carbocycles. The van der Waals surface area contributed by atoms with Crippen LogP contribution in [-0.4, -0.2) is 36.5 Å². The van der Waals surface area contributed by atoms with Crippen LogP contribution in [-0.2, 0) is 16.0 Å². The lowest BCUT2D eigenvalue weighted by Crippen LogP contribution is -2.36. The molecule has 0 saturated heterocycles. The van der Waals surface area contributed by atoms with Gasteiger partial charge in [0.25, 0.3) is 5.91 Å². The van der Waals surface area contributed by atoms with Gasteiger partial charge in [-0.3, -0.25) is 9.59 Å². The van der Waals surface area contributed by atoms with E-state index in [0.717, 1.165) is 18.6 Å². The summed E-state index contributed by atoms with van der Waals surface area (Å²) in [6, 6.07) is 3.43. The molecule has 1 aromatic rings. The normalized spacial score (nSPS) is 10.3. The number of rotatable bonds is 7. The Morgan fingerprint density at radius 2 is 2.00 bits per heavy atom. The average Bonchev–Trinajstić information content (AvgIpc) is 2.86. The van der Waals surface area contributed by atoms with E-state index >= 15 is 0 Å². The molecule has 19 heavy (non-hydrogen) atoms. The molecule has 0 aliphatic heterocycles. The Morgan fingerprint density at radius 3 is 2.53 bits per heavy atom. The first-order chi connectivity index (χ1) is 9.12. The van der Waals surface area contributed by atoms with Gasteiger partial charge >= 0.3 is 5.97 Å². The Labute approximate surface area is 113 Å². The molecule has 0 N–H and O–H groups in total. The molecule has 0 spiro atoms. The first-order valence-corrected chi connectivity index (χ1v) is 6.65. The SMILES string of the molecule is CCCN(CC(=O)OCC)C(=O)c1ccc(CC)o1. The van der Waals surface area contributed by atoms with Crippen LogP contribution in [0.5, 0.6) is 0 Å². The Balaban J connectivity index is 2.74. The van der Waals surface area contributed by atoms with E-state index in [9.17, 15) is 9.59 Å². The lowest BCUT2D eigenvalue weighted by atomic mass is 10.3. The summed E-state index contributed by atoms with van der Waals surface area (Å²) in [7, 11) is 0. The van der Waals surface area contributed by atoms with Crippen molar-refractivity contribution in [2.45, 2.75) is 33.6 Å². The highest BCUT2D eigenvalue weighted by atomic mass is 16.5. The van der Waals surface area contributed by atoms with E-state index in [1.165, 1.54) is 4.90 Å². The molecule has 1 amide bonds. The van der Waals surface area contributed by atoms with Crippen LogP contribution >= 0.6 is 0 Å². The zero-order valence-electron chi connectivity index (χ0n) is 11.8. The third-order valence-electron chi connectivity index (χ3n) is 2.63. The zero-order valence-corrected chi connectivity index (χ0v) is 11.8. The van der Waals surface area contributed by atoms with Crippen molar-refractivity contribution in [2.75, 3.05) is 19.7 Å². The second-order valence-electron chi connectivity index (χ2n) is 4.15. The Kier molecular flexibility index (Phi) is 6.12. The van der Waals surface area contributed by atoms with Crippen LogP contribution < -0.4 is 0 Å². The van der Waals surface area contributed by atoms with Crippen LogP contribution in [0.25, 0.3) is 0 Å². The number of hydrogen-bond donors (Lipinski definition) is 0. The van der Waals surface area contributed by atoms with E-state index in [1.807, 2.05) is 13.8 Å². The molecule has 106 valence electrons. The van der Waals surface area contributed by atoms with Gasteiger partial charge in [-0.25, -0.2) is 0 Å². The van der Waals surface area contributed by atoms with Crippen LogP contribution in [0, 0.1) is 0 Å². The maximum Gasteiger partial charge on any atom is 0.325 e. The molecule has 0 saturated carbocycles. The summed E-state index contributed by atoms with van der Waals surface area (Å²) in [5.74, 6) is 0.367. The number of carbonyl (C=O) groups is 2. The minimum Gasteiger partial charge on any atom is -0.465 e. The largest absolute Gasteiger partial charge is 0.465 e. The summed E-state index contributed by atoms with van der Waals surface area (Å²) < 4.78 is 10.3. The number of carbonyl (C=O) groups excluding carboxylic acids is 2. The number of ether oxygens (including phenoxy) is 1. The first kappa shape index (κ1) is 15.3. The van der Waals surface area contributed by atoms with Crippen LogP contribution in [0.15, 0.2) is 16.5 Å². The second kappa shape index (κ2) is 7.61. The van der Waals surface area contributed by atoms with Crippen molar-refractivity contribution in [3.8, 4) is 0 Å². The van der Waals surface area contributed by atoms with Crippen LogP contribution in [0.3, 0.4) is 0 Å². The third kappa shape index (κ3) is 4.43. The molecule has 1 aromatic heterocycles. The molecule has 0 unspecified atom stereocenters. The van der Waals surface area contributed by atoms with Gasteiger partial charge in [-0.1, -0.05) is 13.8 Å². The standard InChI is InChI=1S/C14H21NO4/c1-4-9-15(10-13(16)18-6-3)14(17)12-8-7-11(5-2)19-12/h7-8H,4-6,9-10H2,1-3H3. The van der Waals surface area contributed by atoms with E-state index in [0.29, 0.717) is 13.2 Å². The average molecular weight is 267 g/mol. The molecule has 0 radical (unpaired) electrons. The molecule has 0 bridgehead atoms. The zero-order chi connectivity index (χ0) is 14.3. The van der Waals surface area contributed by atoms with Crippen molar-refractivity contribution < 1.29 is 18.7 Å². The lowest BCUT2D eigenvalue weighted by Gasteiger charge is -2.19. The van der Waals surface area contributed by atoms with Gasteiger partial charge in [-0.05, 0) is 25.5 Å². The van der Waals surface area contributed by atoms with Crippen LogP contribution in [0.4, 0.5) is 0 Å². The van der Waals surface area contributed by atoms with Crippen LogP contribution in [0.2, 0.25) is 0 Å². The summed E-state index contributed by atoms with van der Waals surface area (Å²) in [6.45, 7) is 6.42. The summed E-state index contributed by atoms with van der Waals surface area (Å²) >= 11 is 0. The number of aryl methyl sites for hydroxylation is 1. The number of nitrogens with zero attached hydrogens (tertiary/aromatic N) is 1. The fraction of sp³-hybridized carbons (Fsp3) is 0.571. The maximum absolute atomic E-state index is 12.2. The molecule has 0 atom stereocenters. The summed E-state index contributed by atoms with van der Waals surface area (Å²) in [6.07, 6.45) is 1.51. The molecule has 1 heterocycles. The predicted molar refractivity (Wildman–Crippen MR) is 70.9 cm³/mol. The van der Waals surface area contributed by atoms with Gasteiger partial charge < -0.3 is 14.1 Å². The predicted octanol–water partition coefficient (Wildman–Crippen LogP) is 2.26. The molecule has 0 aromatic carbocycles. The van der Waals surface area contributed by atoms with Crippen molar-refractivity contribution >= 4 is 11.9 Å². The van der Waals surface area contributed by atoms with E-state index < -0.39 is 5.97 Å². The van der Waals surface area contributed by atoms with Gasteiger partial charge in [0.2, 0.25) is 0 Å². The molecule has 5 nitrogen and oxygen atoms in total.